The fourth-order valence-corrected chi connectivity index (χ4v) is 2.50. The third-order valence-electron chi connectivity index (χ3n) is 3.43. The fraction of sp³-hybridized carbons (Fsp3) is 0.688. The van der Waals surface area contributed by atoms with Crippen molar-refractivity contribution in [3.05, 3.63) is 16.1 Å². The molecule has 2 N–H and O–H groups in total. The first-order valence-corrected chi connectivity index (χ1v) is 8.90. The molecule has 0 aromatic carbocycles. The standard InChI is InChI=1S/C16H29N5OS.HI/c1-7-12(4)19-16(18-9-15(22)21(5)6)17-8-14-20-13(10-23-14)11(2)3;/h10-12H,7-9H2,1-6H3,(H2,17,18,19);1H. The van der Waals surface area contributed by atoms with Crippen molar-refractivity contribution in [2.45, 2.75) is 52.6 Å². The molecule has 0 radical (unpaired) electrons. The average Bonchev–Trinajstić information content (AvgIpc) is 2.98. The van der Waals surface area contributed by atoms with E-state index in [1.807, 2.05) is 0 Å². The van der Waals surface area contributed by atoms with Crippen molar-refractivity contribution in [2.24, 2.45) is 4.99 Å². The monoisotopic (exact) mass is 467 g/mol. The van der Waals surface area contributed by atoms with Crippen molar-refractivity contribution in [1.29, 1.82) is 0 Å². The maximum Gasteiger partial charge on any atom is 0.243 e. The zero-order valence-electron chi connectivity index (χ0n) is 15.4. The van der Waals surface area contributed by atoms with Crippen molar-refractivity contribution < 1.29 is 4.79 Å². The number of nitrogens with one attached hydrogen (secondary N) is 2. The molecule has 0 fully saturated rings. The molecule has 138 valence electrons. The van der Waals surface area contributed by atoms with Crippen LogP contribution in [0.1, 0.15) is 50.7 Å². The number of amides is 1. The molecule has 1 unspecified atom stereocenters. The van der Waals surface area contributed by atoms with Gasteiger partial charge in [0.1, 0.15) is 11.6 Å². The highest BCUT2D eigenvalue weighted by Crippen LogP contribution is 2.17. The van der Waals surface area contributed by atoms with Crippen LogP contribution < -0.4 is 10.6 Å². The van der Waals surface area contributed by atoms with Gasteiger partial charge >= 0.3 is 0 Å². The van der Waals surface area contributed by atoms with Crippen LogP contribution in [0.2, 0.25) is 0 Å². The number of likely N-dealkylation sites (N-methyl/N-ethyl adjacent to an activating group) is 1. The lowest BCUT2D eigenvalue weighted by Crippen LogP contribution is -2.42. The number of guanidine groups is 1. The number of carbonyl (C=O) groups excluding carboxylic acids is 1. The molecular formula is C16H30IN5OS. The second kappa shape index (κ2) is 11.6. The van der Waals surface area contributed by atoms with Gasteiger partial charge in [-0.05, 0) is 19.3 Å². The zero-order chi connectivity index (χ0) is 17.4. The summed E-state index contributed by atoms with van der Waals surface area (Å²) in [4.78, 5) is 22.2. The molecule has 8 heteroatoms. The summed E-state index contributed by atoms with van der Waals surface area (Å²) in [6, 6.07) is 0.290. The molecule has 24 heavy (non-hydrogen) atoms. The molecule has 1 heterocycles. The van der Waals surface area contributed by atoms with Crippen molar-refractivity contribution in [3.63, 3.8) is 0 Å². The number of halogens is 1. The Morgan fingerprint density at radius 3 is 2.54 bits per heavy atom. The average molecular weight is 467 g/mol. The van der Waals surface area contributed by atoms with Crippen LogP contribution >= 0.6 is 35.3 Å². The first kappa shape index (κ1) is 23.1. The predicted octanol–water partition coefficient (Wildman–Crippen LogP) is 2.81. The highest BCUT2D eigenvalue weighted by molar-refractivity contribution is 14.0. The molecule has 0 saturated carbocycles. The van der Waals surface area contributed by atoms with Gasteiger partial charge in [-0.2, -0.15) is 0 Å². The van der Waals surface area contributed by atoms with Crippen LogP contribution in [0.5, 0.6) is 0 Å². The molecule has 0 aliphatic heterocycles. The largest absolute Gasteiger partial charge is 0.354 e. The lowest BCUT2D eigenvalue weighted by Gasteiger charge is -2.17. The second-order valence-corrected chi connectivity index (χ2v) is 7.02. The number of rotatable bonds is 7. The van der Waals surface area contributed by atoms with E-state index in [2.05, 4.69) is 53.7 Å². The molecule has 6 nitrogen and oxygen atoms in total. The SMILES string of the molecule is CCC(C)NC(=NCC(=O)N(C)C)NCc1nc(C(C)C)cs1.I. The van der Waals surface area contributed by atoms with Gasteiger partial charge in [0, 0.05) is 25.5 Å². The Morgan fingerprint density at radius 1 is 1.38 bits per heavy atom. The van der Waals surface area contributed by atoms with Crippen molar-refractivity contribution in [2.75, 3.05) is 20.6 Å². The molecule has 1 aromatic rings. The van der Waals surface area contributed by atoms with Gasteiger partial charge in [-0.3, -0.25) is 4.79 Å². The highest BCUT2D eigenvalue weighted by Gasteiger charge is 2.09. The molecule has 0 bridgehead atoms. The number of hydrogen-bond acceptors (Lipinski definition) is 4. The van der Waals surface area contributed by atoms with E-state index >= 15 is 0 Å². The summed E-state index contributed by atoms with van der Waals surface area (Å²) in [7, 11) is 3.46. The molecule has 1 atom stereocenters. The summed E-state index contributed by atoms with van der Waals surface area (Å²) in [5.74, 6) is 1.06. The van der Waals surface area contributed by atoms with Gasteiger partial charge in [0.2, 0.25) is 5.91 Å². The van der Waals surface area contributed by atoms with Crippen LogP contribution in [0, 0.1) is 0 Å². The third-order valence-corrected chi connectivity index (χ3v) is 4.30. The summed E-state index contributed by atoms with van der Waals surface area (Å²) in [6.07, 6.45) is 0.983. The highest BCUT2D eigenvalue weighted by atomic mass is 127. The Balaban J connectivity index is 0.00000529. The van der Waals surface area contributed by atoms with E-state index in [1.165, 1.54) is 0 Å². The third kappa shape index (κ3) is 8.27. The van der Waals surface area contributed by atoms with Crippen LogP contribution in [0.25, 0.3) is 0 Å². The maximum atomic E-state index is 11.7. The van der Waals surface area contributed by atoms with Crippen LogP contribution in [0.4, 0.5) is 0 Å². The maximum absolute atomic E-state index is 11.7. The second-order valence-electron chi connectivity index (χ2n) is 6.08. The van der Waals surface area contributed by atoms with Crippen LogP contribution in [0.3, 0.4) is 0 Å². The topological polar surface area (TPSA) is 69.6 Å². The van der Waals surface area contributed by atoms with Crippen molar-refractivity contribution in [1.82, 2.24) is 20.5 Å². The smallest absolute Gasteiger partial charge is 0.243 e. The first-order chi connectivity index (χ1) is 10.8. The molecule has 1 aromatic heterocycles. The molecule has 0 saturated heterocycles. The van der Waals surface area contributed by atoms with E-state index in [9.17, 15) is 4.79 Å². The van der Waals surface area contributed by atoms with Gasteiger partial charge in [0.15, 0.2) is 5.96 Å². The van der Waals surface area contributed by atoms with E-state index < -0.39 is 0 Å². The van der Waals surface area contributed by atoms with E-state index in [0.717, 1.165) is 17.1 Å². The number of nitrogens with zero attached hydrogens (tertiary/aromatic N) is 3. The minimum absolute atomic E-state index is 0. The minimum Gasteiger partial charge on any atom is -0.354 e. The van der Waals surface area contributed by atoms with Crippen LogP contribution in [0.15, 0.2) is 10.4 Å². The molecule has 1 rings (SSSR count). The summed E-state index contributed by atoms with van der Waals surface area (Å²) in [5, 5.41) is 9.68. The number of carbonyl (C=O) groups is 1. The van der Waals surface area contributed by atoms with Gasteiger partial charge < -0.3 is 15.5 Å². The Morgan fingerprint density at radius 2 is 2.04 bits per heavy atom. The van der Waals surface area contributed by atoms with E-state index in [4.69, 9.17) is 0 Å². The van der Waals surface area contributed by atoms with E-state index in [0.29, 0.717) is 24.5 Å². The quantitative estimate of drug-likeness (QED) is 0.368. The Labute approximate surface area is 166 Å². The zero-order valence-corrected chi connectivity index (χ0v) is 18.6. The predicted molar refractivity (Wildman–Crippen MR) is 112 cm³/mol. The fourth-order valence-electron chi connectivity index (χ4n) is 1.61. The van der Waals surface area contributed by atoms with Crippen LogP contribution in [-0.4, -0.2) is 48.4 Å². The number of aliphatic imine (C=N–C) groups is 1. The summed E-state index contributed by atoms with van der Waals surface area (Å²) >= 11 is 1.64. The lowest BCUT2D eigenvalue weighted by atomic mass is 10.2. The summed E-state index contributed by atoms with van der Waals surface area (Å²) < 4.78 is 0. The Hall–Kier alpha value is -0.900. The Bertz CT molecular complexity index is 530. The molecule has 0 aliphatic rings. The number of hydrogen-bond donors (Lipinski definition) is 2. The normalized spacial score (nSPS) is 12.5. The first-order valence-electron chi connectivity index (χ1n) is 8.02. The number of aromatic nitrogens is 1. The van der Waals surface area contributed by atoms with Crippen LogP contribution in [-0.2, 0) is 11.3 Å². The van der Waals surface area contributed by atoms with Gasteiger partial charge in [0.25, 0.3) is 0 Å². The van der Waals surface area contributed by atoms with Gasteiger partial charge in [0.05, 0.1) is 12.2 Å². The Kier molecular flexibility index (Phi) is 11.2. The van der Waals surface area contributed by atoms with Gasteiger partial charge in [-0.15, -0.1) is 35.3 Å². The minimum atomic E-state index is -0.0217. The molecular weight excluding hydrogens is 437 g/mol. The molecule has 0 spiro atoms. The summed E-state index contributed by atoms with van der Waals surface area (Å²) in [6.45, 7) is 9.21. The summed E-state index contributed by atoms with van der Waals surface area (Å²) in [5.41, 5.74) is 1.11. The van der Waals surface area contributed by atoms with E-state index in [-0.39, 0.29) is 36.4 Å². The van der Waals surface area contributed by atoms with Gasteiger partial charge in [-0.25, -0.2) is 9.98 Å². The van der Waals surface area contributed by atoms with E-state index in [1.54, 1.807) is 30.3 Å². The molecule has 0 aliphatic carbocycles. The lowest BCUT2D eigenvalue weighted by molar-refractivity contribution is -0.127. The van der Waals surface area contributed by atoms with Gasteiger partial charge in [-0.1, -0.05) is 20.8 Å². The number of thiazole rings is 1. The van der Waals surface area contributed by atoms with Crippen molar-refractivity contribution >= 4 is 47.2 Å². The molecule has 1 amide bonds. The van der Waals surface area contributed by atoms with Crippen molar-refractivity contribution in [3.8, 4) is 0 Å².